The lowest BCUT2D eigenvalue weighted by molar-refractivity contribution is -0.132. The van der Waals surface area contributed by atoms with Crippen LogP contribution >= 0.6 is 12.4 Å². The molecule has 5 aliphatic heterocycles. The number of rotatable bonds is 0. The van der Waals surface area contributed by atoms with Crippen LogP contribution in [0.3, 0.4) is 0 Å². The molecule has 1 saturated carbocycles. The molecule has 1 amide bonds. The van der Waals surface area contributed by atoms with Gasteiger partial charge < -0.3 is 9.64 Å². The van der Waals surface area contributed by atoms with Gasteiger partial charge in [-0.25, -0.2) is 0 Å². The van der Waals surface area contributed by atoms with Gasteiger partial charge in [-0.15, -0.1) is 12.4 Å². The smallest absolute Gasteiger partial charge is 0.229 e. The average Bonchev–Trinajstić information content (AvgIpc) is 3.10. The summed E-state index contributed by atoms with van der Waals surface area (Å²) in [6.07, 6.45) is 5.43. The monoisotopic (exact) mass is 370 g/mol. The van der Waals surface area contributed by atoms with Crippen LogP contribution in [0.5, 0.6) is 0 Å². The van der Waals surface area contributed by atoms with Crippen molar-refractivity contribution in [3.8, 4) is 0 Å². The first kappa shape index (κ1) is 15.7. The fraction of sp³-hybridized carbons (Fsp3) is 0.571. The van der Waals surface area contributed by atoms with Gasteiger partial charge in [-0.3, -0.25) is 9.69 Å². The van der Waals surface area contributed by atoms with E-state index in [-0.39, 0.29) is 29.8 Å². The number of carbonyl (C=O) groups is 1. The quantitative estimate of drug-likeness (QED) is 0.658. The normalized spacial score (nSPS) is 44.2. The van der Waals surface area contributed by atoms with Crippen LogP contribution in [0, 0.1) is 11.8 Å². The standard InChI is InChI=1S/C21H22N2O2.ClH/c24-18-10-16-19-13-9-17-21(6-7-22(17)11-12(13)5-8-25-16)14-3-1-2-4-15(14)23(18)20(19)21;/h1-5,13,16-17,19-20H,6-11H2;1H. The predicted octanol–water partition coefficient (Wildman–Crippen LogP) is 2.51. The van der Waals surface area contributed by atoms with E-state index in [0.29, 0.717) is 36.9 Å². The van der Waals surface area contributed by atoms with Crippen molar-refractivity contribution in [3.63, 3.8) is 0 Å². The molecule has 5 heterocycles. The Hall–Kier alpha value is -1.36. The van der Waals surface area contributed by atoms with E-state index in [2.05, 4.69) is 40.1 Å². The van der Waals surface area contributed by atoms with Gasteiger partial charge in [0.25, 0.3) is 0 Å². The summed E-state index contributed by atoms with van der Waals surface area (Å²) in [7, 11) is 0. The molecule has 26 heavy (non-hydrogen) atoms. The second-order valence-corrected chi connectivity index (χ2v) is 8.78. The van der Waals surface area contributed by atoms with Gasteiger partial charge in [-0.1, -0.05) is 29.8 Å². The predicted molar refractivity (Wildman–Crippen MR) is 101 cm³/mol. The Morgan fingerprint density at radius 3 is 3.04 bits per heavy atom. The Kier molecular flexibility index (Phi) is 2.96. The highest BCUT2D eigenvalue weighted by atomic mass is 35.5. The molecule has 136 valence electrons. The van der Waals surface area contributed by atoms with Crippen molar-refractivity contribution in [1.29, 1.82) is 0 Å². The second kappa shape index (κ2) is 4.92. The molecular weight excluding hydrogens is 348 g/mol. The summed E-state index contributed by atoms with van der Waals surface area (Å²) in [5.41, 5.74) is 4.35. The number of hydrogen-bond donors (Lipinski definition) is 0. The molecule has 6 atom stereocenters. The molecule has 7 rings (SSSR count). The number of benzene rings is 1. The van der Waals surface area contributed by atoms with Gasteiger partial charge >= 0.3 is 0 Å². The first-order valence-electron chi connectivity index (χ1n) is 9.75. The molecule has 1 aliphatic carbocycles. The fourth-order valence-corrected chi connectivity index (χ4v) is 7.51. The molecule has 5 heteroatoms. The first-order chi connectivity index (χ1) is 12.3. The van der Waals surface area contributed by atoms with Crippen LogP contribution in [-0.4, -0.2) is 48.7 Å². The molecule has 0 radical (unpaired) electrons. The van der Waals surface area contributed by atoms with Crippen LogP contribution in [0.4, 0.5) is 5.69 Å². The first-order valence-corrected chi connectivity index (χ1v) is 9.75. The average molecular weight is 371 g/mol. The van der Waals surface area contributed by atoms with Gasteiger partial charge in [0.1, 0.15) is 0 Å². The topological polar surface area (TPSA) is 32.8 Å². The number of ether oxygens (including phenoxy) is 1. The van der Waals surface area contributed by atoms with Crippen molar-refractivity contribution in [2.24, 2.45) is 11.8 Å². The minimum atomic E-state index is 0. The third-order valence-electron chi connectivity index (χ3n) is 8.22. The number of carbonyl (C=O) groups excluding carboxylic acids is 1. The van der Waals surface area contributed by atoms with Crippen LogP contribution in [0.25, 0.3) is 0 Å². The summed E-state index contributed by atoms with van der Waals surface area (Å²) < 4.78 is 6.25. The minimum absolute atomic E-state index is 0. The molecule has 3 saturated heterocycles. The van der Waals surface area contributed by atoms with Gasteiger partial charge in [0.15, 0.2) is 0 Å². The zero-order valence-electron chi connectivity index (χ0n) is 14.6. The fourth-order valence-electron chi connectivity index (χ4n) is 7.51. The van der Waals surface area contributed by atoms with Gasteiger partial charge in [0.05, 0.1) is 25.2 Å². The lowest BCUT2D eigenvalue weighted by Gasteiger charge is -2.58. The molecule has 1 aromatic rings. The summed E-state index contributed by atoms with van der Waals surface area (Å²) in [6.45, 7) is 2.97. The van der Waals surface area contributed by atoms with Gasteiger partial charge in [0, 0.05) is 29.6 Å². The van der Waals surface area contributed by atoms with Crippen LogP contribution in [0.1, 0.15) is 24.8 Å². The Morgan fingerprint density at radius 2 is 2.12 bits per heavy atom. The van der Waals surface area contributed by atoms with E-state index in [1.807, 2.05) is 0 Å². The SMILES string of the molecule is Cl.O=C1CC2OCC=C3CN4CCC56c7ccccc7N1C5C2C3CC46. The van der Waals surface area contributed by atoms with E-state index in [9.17, 15) is 4.79 Å². The maximum Gasteiger partial charge on any atom is 0.229 e. The number of para-hydroxylation sites is 1. The minimum Gasteiger partial charge on any atom is -0.373 e. The highest BCUT2D eigenvalue weighted by Gasteiger charge is 2.70. The highest BCUT2D eigenvalue weighted by molar-refractivity contribution is 5.99. The summed E-state index contributed by atoms with van der Waals surface area (Å²) in [6, 6.07) is 9.64. The molecule has 6 aliphatic rings. The van der Waals surface area contributed by atoms with Crippen LogP contribution in [-0.2, 0) is 14.9 Å². The van der Waals surface area contributed by atoms with E-state index in [4.69, 9.17) is 4.74 Å². The third-order valence-corrected chi connectivity index (χ3v) is 8.22. The molecule has 1 aromatic carbocycles. The summed E-state index contributed by atoms with van der Waals surface area (Å²) in [4.78, 5) is 18.1. The number of halogens is 1. The molecule has 2 bridgehead atoms. The molecule has 0 N–H and O–H groups in total. The lowest BCUT2D eigenvalue weighted by Crippen LogP contribution is -2.69. The largest absolute Gasteiger partial charge is 0.373 e. The highest BCUT2D eigenvalue weighted by Crippen LogP contribution is 2.65. The van der Waals surface area contributed by atoms with Crippen molar-refractivity contribution in [1.82, 2.24) is 4.90 Å². The number of amides is 1. The van der Waals surface area contributed by atoms with Crippen molar-refractivity contribution in [2.45, 2.75) is 42.9 Å². The van der Waals surface area contributed by atoms with Crippen LogP contribution in [0.15, 0.2) is 35.9 Å². The van der Waals surface area contributed by atoms with Crippen LogP contribution in [0.2, 0.25) is 0 Å². The Bertz CT molecular complexity index is 854. The van der Waals surface area contributed by atoms with Crippen molar-refractivity contribution in [3.05, 3.63) is 41.5 Å². The molecule has 1 spiro atoms. The zero-order chi connectivity index (χ0) is 16.3. The van der Waals surface area contributed by atoms with Gasteiger partial charge in [0.2, 0.25) is 5.91 Å². The number of nitrogens with zero attached hydrogens (tertiary/aromatic N) is 2. The summed E-state index contributed by atoms with van der Waals surface area (Å²) in [5, 5.41) is 0. The molecule has 6 unspecified atom stereocenters. The van der Waals surface area contributed by atoms with E-state index >= 15 is 0 Å². The van der Waals surface area contributed by atoms with Crippen molar-refractivity contribution >= 4 is 24.0 Å². The third kappa shape index (κ3) is 1.52. The zero-order valence-corrected chi connectivity index (χ0v) is 15.5. The number of anilines is 1. The maximum atomic E-state index is 13.2. The Labute approximate surface area is 159 Å². The Morgan fingerprint density at radius 1 is 1.23 bits per heavy atom. The Balaban J connectivity index is 0.00000137. The maximum absolute atomic E-state index is 13.2. The number of fused-ring (bicyclic) bond motifs is 2. The molecule has 4 fully saturated rings. The van der Waals surface area contributed by atoms with E-state index in [1.165, 1.54) is 30.6 Å². The molecule has 0 aromatic heterocycles. The molecule has 4 nitrogen and oxygen atoms in total. The van der Waals surface area contributed by atoms with Crippen molar-refractivity contribution in [2.75, 3.05) is 24.6 Å². The van der Waals surface area contributed by atoms with Crippen molar-refractivity contribution < 1.29 is 9.53 Å². The van der Waals surface area contributed by atoms with E-state index < -0.39 is 0 Å². The van der Waals surface area contributed by atoms with Gasteiger partial charge in [-0.05, 0) is 36.9 Å². The second-order valence-electron chi connectivity index (χ2n) is 8.78. The van der Waals surface area contributed by atoms with Crippen LogP contribution < -0.4 is 4.90 Å². The lowest BCUT2D eigenvalue weighted by atomic mass is 9.53. The number of piperidine rings is 2. The molecular formula is C21H23ClN2O2. The van der Waals surface area contributed by atoms with E-state index in [1.54, 1.807) is 5.57 Å². The number of hydrogen-bond acceptors (Lipinski definition) is 3. The van der Waals surface area contributed by atoms with E-state index in [0.717, 1.165) is 6.54 Å². The van der Waals surface area contributed by atoms with Gasteiger partial charge in [-0.2, -0.15) is 0 Å². The summed E-state index contributed by atoms with van der Waals surface area (Å²) in [5.74, 6) is 1.35. The summed E-state index contributed by atoms with van der Waals surface area (Å²) >= 11 is 0.